The van der Waals surface area contributed by atoms with Crippen LogP contribution in [0.1, 0.15) is 0 Å². The summed E-state index contributed by atoms with van der Waals surface area (Å²) in [6.45, 7) is -0.907. The van der Waals surface area contributed by atoms with Crippen LogP contribution in [0.5, 0.6) is 0 Å². The summed E-state index contributed by atoms with van der Waals surface area (Å²) in [5.74, 6) is -0.662. The average Bonchev–Trinajstić information content (AvgIpc) is 2.17. The van der Waals surface area contributed by atoms with Crippen LogP contribution in [0.25, 0.3) is 0 Å². The summed E-state index contributed by atoms with van der Waals surface area (Å²) in [5, 5.41) is 8.65. The van der Waals surface area contributed by atoms with Gasteiger partial charge in [0.15, 0.2) is 5.82 Å². The van der Waals surface area contributed by atoms with Crippen molar-refractivity contribution in [1.82, 2.24) is 9.97 Å². The van der Waals surface area contributed by atoms with Crippen molar-refractivity contribution in [3.8, 4) is 0 Å². The third-order valence-corrected chi connectivity index (χ3v) is 1.62. The maximum Gasteiger partial charge on any atom is 0.255 e. The zero-order valence-electron chi connectivity index (χ0n) is 7.78. The summed E-state index contributed by atoms with van der Waals surface area (Å²) in [7, 11) is 0. The lowest BCUT2D eigenvalue weighted by Crippen LogP contribution is -2.33. The van der Waals surface area contributed by atoms with Crippen molar-refractivity contribution in [3.05, 3.63) is 18.2 Å². The molecule has 7 heteroatoms. The van der Waals surface area contributed by atoms with Crippen molar-refractivity contribution in [2.45, 2.75) is 6.43 Å². The van der Waals surface area contributed by atoms with E-state index in [4.69, 9.17) is 5.11 Å². The summed E-state index contributed by atoms with van der Waals surface area (Å²) >= 11 is 0. The largest absolute Gasteiger partial charge is 0.395 e. The van der Waals surface area contributed by atoms with Gasteiger partial charge in [0.1, 0.15) is 0 Å². The molecular formula is C8H10F3N3O. The third kappa shape index (κ3) is 3.70. The van der Waals surface area contributed by atoms with Gasteiger partial charge >= 0.3 is 0 Å². The normalized spacial score (nSPS) is 10.7. The van der Waals surface area contributed by atoms with Crippen LogP contribution in [-0.4, -0.2) is 41.2 Å². The third-order valence-electron chi connectivity index (χ3n) is 1.62. The zero-order chi connectivity index (χ0) is 11.3. The van der Waals surface area contributed by atoms with E-state index in [2.05, 4.69) is 9.97 Å². The molecule has 0 atom stereocenters. The Morgan fingerprint density at radius 2 is 1.93 bits per heavy atom. The Hall–Kier alpha value is -1.37. The predicted molar refractivity (Wildman–Crippen MR) is 47.3 cm³/mol. The first-order valence-electron chi connectivity index (χ1n) is 4.25. The Morgan fingerprint density at radius 1 is 1.33 bits per heavy atom. The van der Waals surface area contributed by atoms with Gasteiger partial charge in [0.2, 0.25) is 5.95 Å². The van der Waals surface area contributed by atoms with E-state index in [0.29, 0.717) is 0 Å². The minimum Gasteiger partial charge on any atom is -0.395 e. The second-order valence-corrected chi connectivity index (χ2v) is 2.76. The number of hydrogen-bond acceptors (Lipinski definition) is 4. The predicted octanol–water partition coefficient (Wildman–Crippen LogP) is 0.679. The Kier molecular flexibility index (Phi) is 4.29. The molecule has 15 heavy (non-hydrogen) atoms. The highest BCUT2D eigenvalue weighted by atomic mass is 19.3. The smallest absolute Gasteiger partial charge is 0.255 e. The number of rotatable bonds is 5. The maximum atomic E-state index is 12.5. The highest BCUT2D eigenvalue weighted by Gasteiger charge is 2.14. The molecule has 1 aromatic heterocycles. The summed E-state index contributed by atoms with van der Waals surface area (Å²) in [6, 6.07) is 0. The second-order valence-electron chi connectivity index (χ2n) is 2.76. The first-order chi connectivity index (χ1) is 7.13. The Bertz CT molecular complexity index is 294. The SMILES string of the molecule is OCCN(CC(F)F)c1ncc(F)cn1. The lowest BCUT2D eigenvalue weighted by Gasteiger charge is -2.20. The van der Waals surface area contributed by atoms with Crippen molar-refractivity contribution in [2.24, 2.45) is 0 Å². The first kappa shape index (κ1) is 11.7. The number of halogens is 3. The van der Waals surface area contributed by atoms with E-state index in [0.717, 1.165) is 17.3 Å². The van der Waals surface area contributed by atoms with E-state index in [9.17, 15) is 13.2 Å². The molecule has 0 unspecified atom stereocenters. The van der Waals surface area contributed by atoms with Gasteiger partial charge in [-0.05, 0) is 0 Å². The van der Waals surface area contributed by atoms with Crippen LogP contribution in [0.15, 0.2) is 12.4 Å². The van der Waals surface area contributed by atoms with Gasteiger partial charge in [-0.15, -0.1) is 0 Å². The quantitative estimate of drug-likeness (QED) is 0.794. The highest BCUT2D eigenvalue weighted by Crippen LogP contribution is 2.08. The molecule has 4 nitrogen and oxygen atoms in total. The molecule has 0 bridgehead atoms. The van der Waals surface area contributed by atoms with Gasteiger partial charge in [0, 0.05) is 6.54 Å². The first-order valence-corrected chi connectivity index (χ1v) is 4.25. The topological polar surface area (TPSA) is 49.2 Å². The van der Waals surface area contributed by atoms with Gasteiger partial charge in [-0.1, -0.05) is 0 Å². The number of nitrogens with zero attached hydrogens (tertiary/aromatic N) is 3. The molecule has 1 aromatic rings. The molecule has 1 N–H and O–H groups in total. The Morgan fingerprint density at radius 3 is 2.40 bits per heavy atom. The van der Waals surface area contributed by atoms with E-state index in [1.807, 2.05) is 0 Å². The number of anilines is 1. The maximum absolute atomic E-state index is 12.5. The van der Waals surface area contributed by atoms with Crippen molar-refractivity contribution in [1.29, 1.82) is 0 Å². The van der Waals surface area contributed by atoms with Crippen LogP contribution in [0.3, 0.4) is 0 Å². The standard InChI is InChI=1S/C8H10F3N3O/c9-6-3-12-8(13-4-6)14(1-2-15)5-7(10)11/h3-4,7,15H,1-2,5H2. The van der Waals surface area contributed by atoms with Crippen LogP contribution in [0.4, 0.5) is 19.1 Å². The molecule has 0 fully saturated rings. The molecule has 0 saturated carbocycles. The fraction of sp³-hybridized carbons (Fsp3) is 0.500. The van der Waals surface area contributed by atoms with E-state index >= 15 is 0 Å². The molecule has 0 aliphatic rings. The second kappa shape index (κ2) is 5.50. The zero-order valence-corrected chi connectivity index (χ0v) is 7.78. The molecule has 1 rings (SSSR count). The summed E-state index contributed by atoms with van der Waals surface area (Å²) < 4.78 is 36.7. The van der Waals surface area contributed by atoms with Gasteiger partial charge < -0.3 is 10.0 Å². The lowest BCUT2D eigenvalue weighted by atomic mass is 10.5. The monoisotopic (exact) mass is 221 g/mol. The number of alkyl halides is 2. The number of hydrogen-bond donors (Lipinski definition) is 1. The van der Waals surface area contributed by atoms with Crippen LogP contribution >= 0.6 is 0 Å². The van der Waals surface area contributed by atoms with Gasteiger partial charge in [-0.3, -0.25) is 0 Å². The Balaban J connectivity index is 2.74. The van der Waals surface area contributed by atoms with E-state index in [1.54, 1.807) is 0 Å². The van der Waals surface area contributed by atoms with Crippen molar-refractivity contribution in [2.75, 3.05) is 24.6 Å². The van der Waals surface area contributed by atoms with Crippen LogP contribution in [-0.2, 0) is 0 Å². The van der Waals surface area contributed by atoms with Gasteiger partial charge in [0.25, 0.3) is 6.43 Å². The molecule has 0 radical (unpaired) electrons. The highest BCUT2D eigenvalue weighted by molar-refractivity contribution is 5.28. The summed E-state index contributed by atoms with van der Waals surface area (Å²) in [6.07, 6.45) is -0.790. The minimum absolute atomic E-state index is 0.0179. The van der Waals surface area contributed by atoms with Crippen molar-refractivity contribution < 1.29 is 18.3 Å². The summed E-state index contributed by atoms with van der Waals surface area (Å²) in [4.78, 5) is 8.18. The Labute approximate surface area is 84.4 Å². The van der Waals surface area contributed by atoms with Crippen LogP contribution in [0.2, 0.25) is 0 Å². The van der Waals surface area contributed by atoms with Gasteiger partial charge in [0.05, 0.1) is 25.5 Å². The van der Waals surface area contributed by atoms with Crippen LogP contribution < -0.4 is 4.90 Å². The lowest BCUT2D eigenvalue weighted by molar-refractivity contribution is 0.152. The molecule has 84 valence electrons. The molecule has 0 aliphatic heterocycles. The summed E-state index contributed by atoms with van der Waals surface area (Å²) in [5.41, 5.74) is 0. The molecule has 1 heterocycles. The van der Waals surface area contributed by atoms with Crippen molar-refractivity contribution in [3.63, 3.8) is 0 Å². The number of aliphatic hydroxyl groups excluding tert-OH is 1. The molecular weight excluding hydrogens is 211 g/mol. The molecule has 0 aliphatic carbocycles. The molecule has 0 saturated heterocycles. The van der Waals surface area contributed by atoms with Crippen LogP contribution in [0, 0.1) is 5.82 Å². The van der Waals surface area contributed by atoms with Crippen molar-refractivity contribution >= 4 is 5.95 Å². The minimum atomic E-state index is -2.56. The van der Waals surface area contributed by atoms with E-state index < -0.39 is 18.8 Å². The van der Waals surface area contributed by atoms with Gasteiger partial charge in [-0.25, -0.2) is 23.1 Å². The van der Waals surface area contributed by atoms with E-state index in [-0.39, 0.29) is 19.1 Å². The molecule has 0 amide bonds. The molecule has 0 spiro atoms. The fourth-order valence-corrected chi connectivity index (χ4v) is 1.03. The average molecular weight is 221 g/mol. The number of aromatic nitrogens is 2. The number of aliphatic hydroxyl groups is 1. The van der Waals surface area contributed by atoms with E-state index in [1.165, 1.54) is 0 Å². The fourth-order valence-electron chi connectivity index (χ4n) is 1.03. The molecule has 0 aromatic carbocycles. The van der Waals surface area contributed by atoms with Gasteiger partial charge in [-0.2, -0.15) is 0 Å².